The number of rotatable bonds is 4. The first-order valence-electron chi connectivity index (χ1n) is 16.1. The van der Waals surface area contributed by atoms with Gasteiger partial charge in [-0.3, -0.25) is 14.5 Å². The Morgan fingerprint density at radius 1 is 1.10 bits per heavy atom. The SMILES string of the molecule is CN1CCN(CC(=O)[C@@]23OC(C4CCCCC4)O[C@H]2C[C@H]2[C@@H]4CCC5=CC(=O)C=C[C@]5(C)[C@@]4(F)[C@@H](O)C[C@@]23C)CC1. The summed E-state index contributed by atoms with van der Waals surface area (Å²) >= 11 is 0. The Labute approximate surface area is 243 Å². The summed E-state index contributed by atoms with van der Waals surface area (Å²) in [4.78, 5) is 31.4. The molecule has 5 aliphatic carbocycles. The molecule has 0 radical (unpaired) electrons. The summed E-state index contributed by atoms with van der Waals surface area (Å²) < 4.78 is 31.5. The van der Waals surface area contributed by atoms with Gasteiger partial charge in [-0.05, 0) is 70.6 Å². The van der Waals surface area contributed by atoms with Crippen LogP contribution in [-0.4, -0.2) is 96.0 Å². The van der Waals surface area contributed by atoms with Crippen LogP contribution in [0.4, 0.5) is 4.39 Å². The fourth-order valence-corrected chi connectivity index (χ4v) is 10.4. The van der Waals surface area contributed by atoms with E-state index in [0.717, 1.165) is 57.4 Å². The van der Waals surface area contributed by atoms with Gasteiger partial charge >= 0.3 is 0 Å². The van der Waals surface area contributed by atoms with Gasteiger partial charge in [-0.1, -0.05) is 37.8 Å². The van der Waals surface area contributed by atoms with Crippen molar-refractivity contribution in [3.63, 3.8) is 0 Å². The molecule has 0 aromatic rings. The van der Waals surface area contributed by atoms with E-state index >= 15 is 4.39 Å². The van der Waals surface area contributed by atoms with Gasteiger partial charge in [-0.15, -0.1) is 0 Å². The highest BCUT2D eigenvalue weighted by atomic mass is 19.1. The number of fused-ring (bicyclic) bond motifs is 7. The number of hydrogen-bond donors (Lipinski definition) is 1. The summed E-state index contributed by atoms with van der Waals surface area (Å²) in [6.45, 7) is 7.71. The maximum Gasteiger partial charge on any atom is 0.181 e. The van der Waals surface area contributed by atoms with Crippen molar-refractivity contribution in [1.82, 2.24) is 9.80 Å². The van der Waals surface area contributed by atoms with Gasteiger partial charge in [0.15, 0.2) is 29.1 Å². The third kappa shape index (κ3) is 3.86. The molecule has 2 saturated heterocycles. The molecule has 8 heteroatoms. The zero-order valence-corrected chi connectivity index (χ0v) is 24.9. The predicted molar refractivity (Wildman–Crippen MR) is 152 cm³/mol. The number of hydrogen-bond acceptors (Lipinski definition) is 7. The molecule has 7 nitrogen and oxygen atoms in total. The molecule has 0 bridgehead atoms. The van der Waals surface area contributed by atoms with Gasteiger partial charge in [0.1, 0.15) is 0 Å². The number of ether oxygens (including phenoxy) is 2. The van der Waals surface area contributed by atoms with Gasteiger partial charge in [-0.25, -0.2) is 4.39 Å². The highest BCUT2D eigenvalue weighted by Gasteiger charge is 2.79. The molecule has 41 heavy (non-hydrogen) atoms. The quantitative estimate of drug-likeness (QED) is 0.550. The minimum absolute atomic E-state index is 0.0414. The van der Waals surface area contributed by atoms with Crippen LogP contribution >= 0.6 is 0 Å². The first-order valence-corrected chi connectivity index (χ1v) is 16.1. The van der Waals surface area contributed by atoms with Crippen molar-refractivity contribution < 1.29 is 28.6 Å². The number of halogens is 1. The maximum atomic E-state index is 17.7. The van der Waals surface area contributed by atoms with Crippen LogP contribution < -0.4 is 0 Å². The van der Waals surface area contributed by atoms with Crippen LogP contribution in [0.5, 0.6) is 0 Å². The highest BCUT2D eigenvalue weighted by Crippen LogP contribution is 2.72. The zero-order valence-electron chi connectivity index (χ0n) is 24.9. The second-order valence-corrected chi connectivity index (χ2v) is 14.7. The summed E-state index contributed by atoms with van der Waals surface area (Å²) in [6, 6.07) is 0. The van der Waals surface area contributed by atoms with Crippen LogP contribution in [-0.2, 0) is 19.1 Å². The molecule has 6 fully saturated rings. The third-order valence-electron chi connectivity index (χ3n) is 12.8. The Morgan fingerprint density at radius 3 is 2.56 bits per heavy atom. The molecular formula is C33H47FN2O5. The number of aliphatic hydroxyl groups excluding tert-OH is 1. The second kappa shape index (κ2) is 9.78. The smallest absolute Gasteiger partial charge is 0.181 e. The molecular weight excluding hydrogens is 523 g/mol. The Hall–Kier alpha value is -1.45. The van der Waals surface area contributed by atoms with Crippen molar-refractivity contribution in [3.05, 3.63) is 23.8 Å². The molecule has 0 aromatic heterocycles. The molecule has 4 saturated carbocycles. The monoisotopic (exact) mass is 570 g/mol. The van der Waals surface area contributed by atoms with Gasteiger partial charge in [0.25, 0.3) is 0 Å². The fraction of sp³-hybridized carbons (Fsp3) is 0.818. The second-order valence-electron chi connectivity index (χ2n) is 14.7. The average molecular weight is 571 g/mol. The van der Waals surface area contributed by atoms with Crippen molar-refractivity contribution in [1.29, 1.82) is 0 Å². The molecule has 2 aliphatic heterocycles. The van der Waals surface area contributed by atoms with E-state index in [1.54, 1.807) is 12.2 Å². The summed E-state index contributed by atoms with van der Waals surface area (Å²) in [6.07, 6.45) is 10.0. The number of Topliss-reactive ketones (excluding diaryl/α,β-unsaturated/α-hetero) is 1. The molecule has 0 aromatic carbocycles. The molecule has 2 heterocycles. The minimum atomic E-state index is -1.93. The lowest BCUT2D eigenvalue weighted by Gasteiger charge is -2.62. The van der Waals surface area contributed by atoms with E-state index in [4.69, 9.17) is 9.47 Å². The van der Waals surface area contributed by atoms with Crippen LogP contribution in [0.1, 0.15) is 71.6 Å². The van der Waals surface area contributed by atoms with E-state index in [1.807, 2.05) is 6.92 Å². The third-order valence-corrected chi connectivity index (χ3v) is 12.8. The van der Waals surface area contributed by atoms with Gasteiger partial charge in [-0.2, -0.15) is 0 Å². The van der Waals surface area contributed by atoms with Crippen LogP contribution in [0.15, 0.2) is 23.8 Å². The molecule has 0 spiro atoms. The normalized spacial score (nSPS) is 48.8. The summed E-state index contributed by atoms with van der Waals surface area (Å²) in [5, 5.41) is 11.9. The van der Waals surface area contributed by atoms with E-state index in [-0.39, 0.29) is 29.8 Å². The van der Waals surface area contributed by atoms with Crippen molar-refractivity contribution >= 4 is 11.6 Å². The molecule has 9 atom stereocenters. The molecule has 1 N–H and O–H groups in total. The molecule has 1 unspecified atom stereocenters. The molecule has 226 valence electrons. The largest absolute Gasteiger partial charge is 0.390 e. The molecule has 7 aliphatic rings. The standard InChI is InChI=1S/C33H47FN2O5/c1-30-12-11-23(37)17-22(30)9-10-24-25-18-28-33(31(25,2)19-26(38)32(24,30)34,27(39)20-36-15-13-35(3)14-16-36)41-29(40-28)21-7-5-4-6-8-21/h11-12,17,21,24-26,28-29,38H,4-10,13-16,18-20H2,1-3H3/t24-,25-,26-,28-,29?,30-,31-,32-,33+/m0/s1. The van der Waals surface area contributed by atoms with E-state index in [2.05, 4.69) is 23.8 Å². The number of alkyl halides is 1. The molecule has 7 rings (SSSR count). The Bertz CT molecular complexity index is 1160. The summed E-state index contributed by atoms with van der Waals surface area (Å²) in [7, 11) is 2.11. The van der Waals surface area contributed by atoms with Crippen molar-refractivity contribution in [2.75, 3.05) is 39.8 Å². The van der Waals surface area contributed by atoms with Gasteiger partial charge in [0, 0.05) is 48.8 Å². The average Bonchev–Trinajstić information content (AvgIpc) is 3.45. The minimum Gasteiger partial charge on any atom is -0.390 e. The van der Waals surface area contributed by atoms with Gasteiger partial charge < -0.3 is 19.5 Å². The predicted octanol–water partition coefficient (Wildman–Crippen LogP) is 3.84. The van der Waals surface area contributed by atoms with Crippen molar-refractivity contribution in [3.8, 4) is 0 Å². The highest BCUT2D eigenvalue weighted by molar-refractivity contribution is 6.01. The Balaban J connectivity index is 1.25. The van der Waals surface area contributed by atoms with E-state index in [9.17, 15) is 14.7 Å². The number of aliphatic hydroxyl groups is 1. The lowest BCUT2D eigenvalue weighted by Crippen LogP contribution is -2.70. The first kappa shape index (κ1) is 28.3. The molecule has 0 amide bonds. The van der Waals surface area contributed by atoms with Crippen LogP contribution in [0.25, 0.3) is 0 Å². The van der Waals surface area contributed by atoms with Gasteiger partial charge in [0.2, 0.25) is 0 Å². The summed E-state index contributed by atoms with van der Waals surface area (Å²) in [5.41, 5.74) is -4.15. The van der Waals surface area contributed by atoms with Crippen LogP contribution in [0.2, 0.25) is 0 Å². The van der Waals surface area contributed by atoms with E-state index < -0.39 is 46.5 Å². The van der Waals surface area contributed by atoms with Crippen molar-refractivity contribution in [2.24, 2.45) is 28.6 Å². The van der Waals surface area contributed by atoms with Crippen molar-refractivity contribution in [2.45, 2.75) is 101 Å². The number of ketones is 2. The number of carbonyl (C=O) groups is 2. The Kier molecular flexibility index (Phi) is 6.76. The Morgan fingerprint density at radius 2 is 1.83 bits per heavy atom. The number of likely N-dealkylation sites (N-methyl/N-ethyl adjacent to an activating group) is 1. The number of nitrogens with zero attached hydrogens (tertiary/aromatic N) is 2. The lowest BCUT2D eigenvalue weighted by atomic mass is 9.44. The fourth-order valence-electron chi connectivity index (χ4n) is 10.4. The number of piperazine rings is 1. The first-order chi connectivity index (χ1) is 19.5. The van der Waals surface area contributed by atoms with Gasteiger partial charge in [0.05, 0.1) is 18.8 Å². The number of carbonyl (C=O) groups excluding carboxylic acids is 2. The maximum absolute atomic E-state index is 17.7. The summed E-state index contributed by atoms with van der Waals surface area (Å²) in [5.74, 6) is -0.442. The number of allylic oxidation sites excluding steroid dienone is 4. The zero-order chi connectivity index (χ0) is 28.8. The lowest BCUT2D eigenvalue weighted by molar-refractivity contribution is -0.235. The topological polar surface area (TPSA) is 79.3 Å². The van der Waals surface area contributed by atoms with Crippen LogP contribution in [0, 0.1) is 28.6 Å². The van der Waals surface area contributed by atoms with E-state index in [1.165, 1.54) is 12.5 Å². The van der Waals surface area contributed by atoms with Crippen LogP contribution in [0.3, 0.4) is 0 Å². The van der Waals surface area contributed by atoms with E-state index in [0.29, 0.717) is 25.8 Å².